The van der Waals surface area contributed by atoms with E-state index in [1.54, 1.807) is 0 Å². The Kier molecular flexibility index (Phi) is 5.73. The molecule has 29 heavy (non-hydrogen) atoms. The Morgan fingerprint density at radius 3 is 2.45 bits per heavy atom. The van der Waals surface area contributed by atoms with Crippen LogP contribution in [0.2, 0.25) is 0 Å². The average Bonchev–Trinajstić information content (AvgIpc) is 3.05. The third kappa shape index (κ3) is 4.02. The zero-order valence-corrected chi connectivity index (χ0v) is 17.2. The van der Waals surface area contributed by atoms with Crippen molar-refractivity contribution in [2.75, 3.05) is 33.3 Å². The van der Waals surface area contributed by atoms with Crippen molar-refractivity contribution in [2.24, 2.45) is 0 Å². The zero-order valence-electron chi connectivity index (χ0n) is 15.6. The van der Waals surface area contributed by atoms with Crippen molar-refractivity contribution in [3.8, 4) is 5.75 Å². The van der Waals surface area contributed by atoms with Gasteiger partial charge in [0, 0.05) is 43.5 Å². The molecule has 1 amide bonds. The first kappa shape index (κ1) is 21.0. The number of nitrogens with one attached hydrogen (secondary N) is 1. The second-order valence-corrected chi connectivity index (χ2v) is 9.38. The van der Waals surface area contributed by atoms with Crippen LogP contribution in [0.15, 0.2) is 27.2 Å². The number of ether oxygens (including phenoxy) is 1. The molecule has 1 aromatic carbocycles. The molecule has 0 bridgehead atoms. The largest absolute Gasteiger partial charge is 0.490 e. The van der Waals surface area contributed by atoms with Gasteiger partial charge in [0.05, 0.1) is 12.0 Å². The summed E-state index contributed by atoms with van der Waals surface area (Å²) in [5.41, 5.74) is 0.0787. The molecular formula is C16H18N4O7S2. The van der Waals surface area contributed by atoms with Gasteiger partial charge in [-0.15, -0.1) is 0 Å². The summed E-state index contributed by atoms with van der Waals surface area (Å²) in [7, 11) is -2.54. The highest BCUT2D eigenvalue weighted by molar-refractivity contribution is 7.91. The Morgan fingerprint density at radius 2 is 1.93 bits per heavy atom. The van der Waals surface area contributed by atoms with E-state index < -0.39 is 25.7 Å². The summed E-state index contributed by atoms with van der Waals surface area (Å²) in [6.07, 6.45) is 0. The SMILES string of the molecule is COc1ccc(C(=O)N2CCN(S(=O)(=O)c3sc(=O)[nH]c3C)CC2)cc1[N+](=O)[O-]. The molecule has 1 aliphatic heterocycles. The highest BCUT2D eigenvalue weighted by Gasteiger charge is 2.33. The zero-order chi connectivity index (χ0) is 21.3. The summed E-state index contributed by atoms with van der Waals surface area (Å²) >= 11 is 0.630. The molecule has 2 heterocycles. The maximum atomic E-state index is 12.7. The van der Waals surface area contributed by atoms with Gasteiger partial charge in [-0.2, -0.15) is 4.31 Å². The number of methoxy groups -OCH3 is 1. The van der Waals surface area contributed by atoms with Crippen LogP contribution in [-0.4, -0.2) is 66.7 Å². The standard InChI is InChI=1S/C16H18N4O7S2/c1-10-15(28-16(22)17-10)29(25,26)19-7-5-18(6-8-19)14(21)11-3-4-13(27-2)12(9-11)20(23)24/h3-4,9H,5-8H2,1-2H3,(H,17,22). The fourth-order valence-electron chi connectivity index (χ4n) is 3.03. The van der Waals surface area contributed by atoms with Crippen LogP contribution >= 0.6 is 11.3 Å². The molecule has 13 heteroatoms. The van der Waals surface area contributed by atoms with Gasteiger partial charge in [0.15, 0.2) is 9.96 Å². The van der Waals surface area contributed by atoms with Gasteiger partial charge in [0.25, 0.3) is 15.9 Å². The number of hydrogen-bond donors (Lipinski definition) is 1. The van der Waals surface area contributed by atoms with Gasteiger partial charge in [0.1, 0.15) is 0 Å². The second kappa shape index (κ2) is 7.93. The van der Waals surface area contributed by atoms with Crippen molar-refractivity contribution >= 4 is 33.0 Å². The number of benzene rings is 1. The van der Waals surface area contributed by atoms with Crippen molar-refractivity contribution in [3.63, 3.8) is 0 Å². The number of nitrogens with zero attached hydrogens (tertiary/aromatic N) is 3. The third-order valence-electron chi connectivity index (χ3n) is 4.50. The lowest BCUT2D eigenvalue weighted by atomic mass is 10.1. The van der Waals surface area contributed by atoms with Crippen LogP contribution in [-0.2, 0) is 10.0 Å². The fourth-order valence-corrected chi connectivity index (χ4v) is 5.89. The molecule has 1 saturated heterocycles. The van der Waals surface area contributed by atoms with Crippen LogP contribution in [0.3, 0.4) is 0 Å². The Hall–Kier alpha value is -2.77. The van der Waals surface area contributed by atoms with E-state index in [-0.39, 0.29) is 53.1 Å². The van der Waals surface area contributed by atoms with Crippen molar-refractivity contribution in [3.05, 3.63) is 49.2 Å². The van der Waals surface area contributed by atoms with Crippen molar-refractivity contribution < 1.29 is 22.9 Å². The van der Waals surface area contributed by atoms with Crippen LogP contribution < -0.4 is 9.61 Å². The summed E-state index contributed by atoms with van der Waals surface area (Å²) in [6.45, 7) is 1.86. The average molecular weight is 442 g/mol. The number of amides is 1. The minimum atomic E-state index is -3.84. The molecule has 0 atom stereocenters. The first-order valence-electron chi connectivity index (χ1n) is 8.46. The maximum absolute atomic E-state index is 12.7. The number of nitro benzene ring substituents is 1. The van der Waals surface area contributed by atoms with Gasteiger partial charge >= 0.3 is 10.6 Å². The number of rotatable bonds is 5. The molecular weight excluding hydrogens is 424 g/mol. The third-order valence-corrected chi connectivity index (χ3v) is 7.98. The normalized spacial score (nSPS) is 15.3. The Bertz CT molecular complexity index is 1110. The number of carbonyl (C=O) groups excluding carboxylic acids is 1. The van der Waals surface area contributed by atoms with E-state index in [0.29, 0.717) is 11.3 Å². The highest BCUT2D eigenvalue weighted by atomic mass is 32.2. The second-order valence-electron chi connectivity index (χ2n) is 6.27. The summed E-state index contributed by atoms with van der Waals surface area (Å²) in [5, 5.41) is 11.2. The van der Waals surface area contributed by atoms with Gasteiger partial charge in [-0.05, 0) is 19.1 Å². The number of aryl methyl sites for hydroxylation is 1. The van der Waals surface area contributed by atoms with Gasteiger partial charge in [0.2, 0.25) is 0 Å². The first-order chi connectivity index (χ1) is 13.6. The highest BCUT2D eigenvalue weighted by Crippen LogP contribution is 2.28. The van der Waals surface area contributed by atoms with E-state index in [1.165, 1.54) is 35.4 Å². The molecule has 3 rings (SSSR count). The van der Waals surface area contributed by atoms with E-state index in [2.05, 4.69) is 4.98 Å². The predicted molar refractivity (Wildman–Crippen MR) is 104 cm³/mol. The molecule has 1 fully saturated rings. The number of aromatic amines is 1. The van der Waals surface area contributed by atoms with Crippen molar-refractivity contribution in [1.29, 1.82) is 0 Å². The van der Waals surface area contributed by atoms with Crippen LogP contribution in [0.5, 0.6) is 5.75 Å². The van der Waals surface area contributed by atoms with E-state index in [4.69, 9.17) is 4.74 Å². The number of nitro groups is 1. The molecule has 0 aliphatic carbocycles. The summed E-state index contributed by atoms with van der Waals surface area (Å²) in [4.78, 5) is 38.1. The molecule has 1 aliphatic rings. The Morgan fingerprint density at radius 1 is 1.28 bits per heavy atom. The van der Waals surface area contributed by atoms with E-state index >= 15 is 0 Å². The van der Waals surface area contributed by atoms with Gasteiger partial charge in [-0.3, -0.25) is 19.7 Å². The van der Waals surface area contributed by atoms with Crippen molar-refractivity contribution in [2.45, 2.75) is 11.1 Å². The number of piperazine rings is 1. The minimum absolute atomic E-state index is 0.0342. The minimum Gasteiger partial charge on any atom is -0.490 e. The quantitative estimate of drug-likeness (QED) is 0.533. The molecule has 0 spiro atoms. The van der Waals surface area contributed by atoms with E-state index in [9.17, 15) is 28.1 Å². The van der Waals surface area contributed by atoms with Gasteiger partial charge in [-0.1, -0.05) is 11.3 Å². The lowest BCUT2D eigenvalue weighted by Crippen LogP contribution is -2.50. The van der Waals surface area contributed by atoms with E-state index in [0.717, 1.165) is 6.07 Å². The number of carbonyl (C=O) groups is 1. The number of sulfonamides is 1. The maximum Gasteiger partial charge on any atom is 0.311 e. The molecule has 1 aromatic heterocycles. The van der Waals surface area contributed by atoms with Crippen LogP contribution in [0.25, 0.3) is 0 Å². The van der Waals surface area contributed by atoms with Crippen molar-refractivity contribution in [1.82, 2.24) is 14.2 Å². The molecule has 11 nitrogen and oxygen atoms in total. The first-order valence-corrected chi connectivity index (χ1v) is 10.7. The number of H-pyrrole nitrogens is 1. The number of hydrogen-bond acceptors (Lipinski definition) is 8. The van der Waals surface area contributed by atoms with Gasteiger partial charge < -0.3 is 14.6 Å². The van der Waals surface area contributed by atoms with E-state index in [1.807, 2.05) is 0 Å². The number of aromatic nitrogens is 1. The lowest BCUT2D eigenvalue weighted by molar-refractivity contribution is -0.385. The molecule has 2 aromatic rings. The Balaban J connectivity index is 1.75. The van der Waals surface area contributed by atoms with Crippen LogP contribution in [0, 0.1) is 17.0 Å². The number of thiazole rings is 1. The predicted octanol–water partition coefficient (Wildman–Crippen LogP) is 0.808. The van der Waals surface area contributed by atoms with Crippen LogP contribution in [0.4, 0.5) is 5.69 Å². The fraction of sp³-hybridized carbons (Fsp3) is 0.375. The molecule has 0 unspecified atom stereocenters. The summed E-state index contributed by atoms with van der Waals surface area (Å²) in [6, 6.07) is 3.92. The molecule has 1 N–H and O–H groups in total. The Labute approximate surface area is 169 Å². The smallest absolute Gasteiger partial charge is 0.311 e. The molecule has 0 saturated carbocycles. The topological polar surface area (TPSA) is 143 Å². The molecule has 0 radical (unpaired) electrons. The molecule has 156 valence electrons. The van der Waals surface area contributed by atoms with Crippen LogP contribution in [0.1, 0.15) is 16.1 Å². The monoisotopic (exact) mass is 442 g/mol. The summed E-state index contributed by atoms with van der Waals surface area (Å²) < 4.78 is 31.6. The van der Waals surface area contributed by atoms with Gasteiger partial charge in [-0.25, -0.2) is 8.42 Å². The summed E-state index contributed by atoms with van der Waals surface area (Å²) in [5.74, 6) is -0.390. The lowest BCUT2D eigenvalue weighted by Gasteiger charge is -2.33.